The summed E-state index contributed by atoms with van der Waals surface area (Å²) in [5.41, 5.74) is 1.83. The molecule has 3 aromatic carbocycles. The zero-order valence-corrected chi connectivity index (χ0v) is 20.1. The first kappa shape index (κ1) is 23.7. The number of rotatable bonds is 6. The second-order valence-corrected chi connectivity index (χ2v) is 8.79. The molecule has 1 aromatic heterocycles. The standard InChI is InChI=1S/C28H23N3O3S/c1-19(21-11-5-3-6-12-21)30-26(32)24(18-29)28-31(22-13-7-4-8-14-22)27(33)25(35-28)17-20-10-9-15-23(16-20)34-2/h3-17,19H,1-2H3,(H,30,32)/b25-17+,28-24-/t19-/m0/s1. The van der Waals surface area contributed by atoms with Crippen LogP contribution in [0.15, 0.2) is 89.7 Å². The van der Waals surface area contributed by atoms with Crippen LogP contribution in [0.4, 0.5) is 0 Å². The van der Waals surface area contributed by atoms with E-state index in [4.69, 9.17) is 4.74 Å². The fourth-order valence-electron chi connectivity index (χ4n) is 3.63. The van der Waals surface area contributed by atoms with Crippen molar-refractivity contribution in [3.63, 3.8) is 0 Å². The van der Waals surface area contributed by atoms with Gasteiger partial charge in [0, 0.05) is 0 Å². The van der Waals surface area contributed by atoms with Crippen LogP contribution < -0.4 is 24.8 Å². The Labute approximate surface area is 206 Å². The normalized spacial score (nSPS) is 13.0. The Kier molecular flexibility index (Phi) is 7.24. The summed E-state index contributed by atoms with van der Waals surface area (Å²) in [5.74, 6) is 0.125. The van der Waals surface area contributed by atoms with Gasteiger partial charge in [0.05, 0.1) is 23.4 Å². The van der Waals surface area contributed by atoms with Gasteiger partial charge in [0.15, 0.2) is 5.57 Å². The molecule has 0 unspecified atom stereocenters. The van der Waals surface area contributed by atoms with E-state index in [-0.39, 0.29) is 21.8 Å². The fraction of sp³-hybridized carbons (Fsp3) is 0.107. The number of thiazole rings is 1. The number of nitriles is 1. The molecule has 0 saturated heterocycles. The van der Waals surface area contributed by atoms with Crippen molar-refractivity contribution in [1.82, 2.24) is 9.88 Å². The van der Waals surface area contributed by atoms with E-state index in [0.29, 0.717) is 16.0 Å². The molecule has 35 heavy (non-hydrogen) atoms. The lowest BCUT2D eigenvalue weighted by Gasteiger charge is -2.13. The molecule has 1 amide bonds. The minimum absolute atomic E-state index is 0.121. The van der Waals surface area contributed by atoms with Crippen molar-refractivity contribution < 1.29 is 9.53 Å². The highest BCUT2D eigenvalue weighted by molar-refractivity contribution is 7.07. The molecule has 0 aliphatic rings. The van der Waals surface area contributed by atoms with Crippen LogP contribution in [-0.2, 0) is 4.79 Å². The summed E-state index contributed by atoms with van der Waals surface area (Å²) in [6, 6.07) is 27.5. The SMILES string of the molecule is COc1cccc(/C=c2/s/c(=C(/C#N)C(=O)N[C@@H](C)c3ccccc3)n(-c3ccccc3)c2=O)c1. The molecular weight excluding hydrogens is 458 g/mol. The van der Waals surface area contributed by atoms with Gasteiger partial charge in [0.1, 0.15) is 16.5 Å². The Morgan fingerprint density at radius 2 is 1.74 bits per heavy atom. The van der Waals surface area contributed by atoms with Gasteiger partial charge in [-0.15, -0.1) is 11.3 Å². The lowest BCUT2D eigenvalue weighted by molar-refractivity contribution is -0.116. The summed E-state index contributed by atoms with van der Waals surface area (Å²) in [4.78, 5) is 26.7. The van der Waals surface area contributed by atoms with E-state index in [2.05, 4.69) is 5.32 Å². The first-order valence-electron chi connectivity index (χ1n) is 10.9. The number of amides is 1. The van der Waals surface area contributed by atoms with Gasteiger partial charge < -0.3 is 10.1 Å². The van der Waals surface area contributed by atoms with Crippen molar-refractivity contribution in [2.75, 3.05) is 7.11 Å². The maximum atomic E-state index is 13.5. The van der Waals surface area contributed by atoms with Crippen LogP contribution in [0.25, 0.3) is 17.3 Å². The molecule has 0 bridgehead atoms. The number of hydrogen-bond donors (Lipinski definition) is 1. The summed E-state index contributed by atoms with van der Waals surface area (Å²) < 4.78 is 7.37. The minimum atomic E-state index is -0.539. The lowest BCUT2D eigenvalue weighted by atomic mass is 10.1. The van der Waals surface area contributed by atoms with Gasteiger partial charge in [0.25, 0.3) is 11.5 Å². The van der Waals surface area contributed by atoms with Crippen LogP contribution in [0.2, 0.25) is 0 Å². The van der Waals surface area contributed by atoms with Crippen molar-refractivity contribution in [3.8, 4) is 17.5 Å². The second kappa shape index (κ2) is 10.7. The Balaban J connectivity index is 1.89. The lowest BCUT2D eigenvalue weighted by Crippen LogP contribution is -2.34. The van der Waals surface area contributed by atoms with E-state index in [1.165, 1.54) is 4.57 Å². The van der Waals surface area contributed by atoms with Crippen LogP contribution in [0, 0.1) is 11.3 Å². The molecule has 0 radical (unpaired) electrons. The molecule has 1 N–H and O–H groups in total. The number of aromatic nitrogens is 1. The molecule has 0 aliphatic heterocycles. The van der Waals surface area contributed by atoms with Gasteiger partial charge in [-0.3, -0.25) is 14.2 Å². The highest BCUT2D eigenvalue weighted by Crippen LogP contribution is 2.14. The number of ether oxygens (including phenoxy) is 1. The molecule has 0 spiro atoms. The zero-order valence-electron chi connectivity index (χ0n) is 19.3. The second-order valence-electron chi connectivity index (χ2n) is 7.76. The fourth-order valence-corrected chi connectivity index (χ4v) is 4.74. The predicted octanol–water partition coefficient (Wildman–Crippen LogP) is 3.29. The molecule has 0 fully saturated rings. The highest BCUT2D eigenvalue weighted by atomic mass is 32.1. The summed E-state index contributed by atoms with van der Waals surface area (Å²) >= 11 is 1.11. The third-order valence-electron chi connectivity index (χ3n) is 5.43. The van der Waals surface area contributed by atoms with Gasteiger partial charge in [-0.05, 0) is 48.4 Å². The first-order valence-corrected chi connectivity index (χ1v) is 11.8. The number of nitrogens with one attached hydrogen (secondary N) is 1. The zero-order chi connectivity index (χ0) is 24.8. The van der Waals surface area contributed by atoms with Gasteiger partial charge in [-0.2, -0.15) is 5.26 Å². The van der Waals surface area contributed by atoms with Gasteiger partial charge in [-0.25, -0.2) is 0 Å². The summed E-state index contributed by atoms with van der Waals surface area (Å²) in [7, 11) is 1.58. The minimum Gasteiger partial charge on any atom is -0.497 e. The molecule has 6 nitrogen and oxygen atoms in total. The Bertz CT molecular complexity index is 1570. The van der Waals surface area contributed by atoms with E-state index in [0.717, 1.165) is 22.5 Å². The maximum absolute atomic E-state index is 13.5. The number of methoxy groups -OCH3 is 1. The van der Waals surface area contributed by atoms with E-state index in [1.54, 1.807) is 37.5 Å². The number of nitrogens with zero attached hydrogens (tertiary/aromatic N) is 2. The molecule has 174 valence electrons. The van der Waals surface area contributed by atoms with Crippen molar-refractivity contribution in [2.24, 2.45) is 0 Å². The summed E-state index contributed by atoms with van der Waals surface area (Å²) in [6.45, 7) is 1.85. The van der Waals surface area contributed by atoms with Crippen LogP contribution in [0.5, 0.6) is 5.75 Å². The maximum Gasteiger partial charge on any atom is 0.273 e. The third-order valence-corrected chi connectivity index (χ3v) is 6.52. The van der Waals surface area contributed by atoms with Gasteiger partial charge in [-0.1, -0.05) is 60.7 Å². The van der Waals surface area contributed by atoms with Crippen LogP contribution in [0.1, 0.15) is 24.1 Å². The number of hydrogen-bond acceptors (Lipinski definition) is 5. The first-order chi connectivity index (χ1) is 17.0. The van der Waals surface area contributed by atoms with Gasteiger partial charge in [0.2, 0.25) is 0 Å². The Hall–Kier alpha value is -4.41. The predicted molar refractivity (Wildman–Crippen MR) is 138 cm³/mol. The molecule has 4 rings (SSSR count). The molecule has 0 saturated carbocycles. The average molecular weight is 482 g/mol. The third kappa shape index (κ3) is 5.24. The van der Waals surface area contributed by atoms with Gasteiger partial charge >= 0.3 is 0 Å². The smallest absolute Gasteiger partial charge is 0.273 e. The van der Waals surface area contributed by atoms with Crippen LogP contribution in [0.3, 0.4) is 0 Å². The molecule has 7 heteroatoms. The molecule has 4 aromatic rings. The van der Waals surface area contributed by atoms with E-state index in [9.17, 15) is 14.9 Å². The number of para-hydroxylation sites is 1. The van der Waals surface area contributed by atoms with E-state index >= 15 is 0 Å². The molecule has 1 atom stereocenters. The number of carbonyl (C=O) groups excluding carboxylic acids is 1. The largest absolute Gasteiger partial charge is 0.497 e. The number of benzene rings is 3. The topological polar surface area (TPSA) is 84.1 Å². The van der Waals surface area contributed by atoms with Crippen LogP contribution in [-0.4, -0.2) is 17.6 Å². The monoisotopic (exact) mass is 481 g/mol. The molecule has 1 heterocycles. The van der Waals surface area contributed by atoms with Crippen molar-refractivity contribution in [1.29, 1.82) is 5.26 Å². The van der Waals surface area contributed by atoms with Crippen molar-refractivity contribution in [2.45, 2.75) is 13.0 Å². The highest BCUT2D eigenvalue weighted by Gasteiger charge is 2.19. The van der Waals surface area contributed by atoms with Crippen LogP contribution >= 0.6 is 11.3 Å². The van der Waals surface area contributed by atoms with E-state index in [1.807, 2.05) is 73.7 Å². The van der Waals surface area contributed by atoms with Crippen molar-refractivity contribution in [3.05, 3.63) is 116 Å². The quantitative estimate of drug-likeness (QED) is 0.458. The Morgan fingerprint density at radius 3 is 2.40 bits per heavy atom. The Morgan fingerprint density at radius 1 is 1.06 bits per heavy atom. The summed E-state index contributed by atoms with van der Waals surface area (Å²) in [6.07, 6.45) is 1.73. The number of carbonyl (C=O) groups is 1. The molecular formula is C28H23N3O3S. The van der Waals surface area contributed by atoms with Crippen molar-refractivity contribution >= 4 is 28.9 Å². The average Bonchev–Trinajstić information content (AvgIpc) is 3.20. The van der Waals surface area contributed by atoms with E-state index < -0.39 is 5.91 Å². The summed E-state index contributed by atoms with van der Waals surface area (Å²) in [5, 5.41) is 12.9. The molecule has 0 aliphatic carbocycles.